The minimum Gasteiger partial charge on any atom is -0.492 e. The summed E-state index contributed by atoms with van der Waals surface area (Å²) in [5, 5.41) is 3.39. The lowest BCUT2D eigenvalue weighted by molar-refractivity contribution is 0.332. The van der Waals surface area contributed by atoms with Crippen molar-refractivity contribution in [1.82, 2.24) is 0 Å². The average molecular weight is 334 g/mol. The van der Waals surface area contributed by atoms with Gasteiger partial charge in [0.15, 0.2) is 0 Å². The fraction of sp³-hybridized carbons (Fsp3) is 0.294. The highest BCUT2D eigenvalue weighted by Gasteiger charge is 2.00. The minimum atomic E-state index is 0.551. The van der Waals surface area contributed by atoms with Crippen LogP contribution in [0, 0.1) is 0 Å². The predicted octanol–water partition coefficient (Wildman–Crippen LogP) is 5.06. The van der Waals surface area contributed by atoms with E-state index < -0.39 is 0 Å². The zero-order chi connectivity index (χ0) is 14.4. The Morgan fingerprint density at radius 2 is 1.90 bits per heavy atom. The molecule has 0 saturated carbocycles. The molecule has 0 aromatic heterocycles. The smallest absolute Gasteiger partial charge is 0.120 e. The summed E-state index contributed by atoms with van der Waals surface area (Å²) in [6, 6.07) is 16.4. The van der Waals surface area contributed by atoms with Gasteiger partial charge in [-0.05, 0) is 41.8 Å². The molecule has 3 heteroatoms. The Labute approximate surface area is 129 Å². The quantitative estimate of drug-likeness (QED) is 0.745. The van der Waals surface area contributed by atoms with Crippen LogP contribution in [0.1, 0.15) is 25.3 Å². The lowest BCUT2D eigenvalue weighted by atomic mass is 10.0. The van der Waals surface area contributed by atoms with Crippen molar-refractivity contribution in [1.29, 1.82) is 0 Å². The molecule has 0 aliphatic rings. The van der Waals surface area contributed by atoms with Gasteiger partial charge in [-0.3, -0.25) is 0 Å². The summed E-state index contributed by atoms with van der Waals surface area (Å²) >= 11 is 3.43. The fourth-order valence-corrected chi connectivity index (χ4v) is 2.31. The standard InChI is InChI=1S/C17H20BrNO/c1-13(2)14-5-3-7-16(11-14)19-9-10-20-17-8-4-6-15(18)12-17/h3-8,11-13,19H,9-10H2,1-2H3. The van der Waals surface area contributed by atoms with Crippen molar-refractivity contribution < 1.29 is 4.74 Å². The molecule has 1 N–H and O–H groups in total. The van der Waals surface area contributed by atoms with Crippen LogP contribution in [0.5, 0.6) is 5.75 Å². The first-order valence-electron chi connectivity index (χ1n) is 6.87. The molecular weight excluding hydrogens is 314 g/mol. The summed E-state index contributed by atoms with van der Waals surface area (Å²) in [7, 11) is 0. The van der Waals surface area contributed by atoms with Gasteiger partial charge in [0.2, 0.25) is 0 Å². The number of halogens is 1. The van der Waals surface area contributed by atoms with E-state index in [4.69, 9.17) is 4.74 Å². The van der Waals surface area contributed by atoms with Crippen LogP contribution in [0.25, 0.3) is 0 Å². The lowest BCUT2D eigenvalue weighted by Crippen LogP contribution is -2.11. The van der Waals surface area contributed by atoms with Crippen LogP contribution in [0.2, 0.25) is 0 Å². The molecule has 0 bridgehead atoms. The zero-order valence-corrected chi connectivity index (χ0v) is 13.5. The van der Waals surface area contributed by atoms with Crippen molar-refractivity contribution in [2.75, 3.05) is 18.5 Å². The molecule has 0 unspecified atom stereocenters. The molecule has 0 saturated heterocycles. The molecule has 0 aliphatic heterocycles. The summed E-state index contributed by atoms with van der Waals surface area (Å²) in [5.74, 6) is 1.44. The Kier molecular flexibility index (Phi) is 5.48. The maximum Gasteiger partial charge on any atom is 0.120 e. The molecule has 0 aliphatic carbocycles. The first-order chi connectivity index (χ1) is 9.65. The monoisotopic (exact) mass is 333 g/mol. The number of hydrogen-bond donors (Lipinski definition) is 1. The van der Waals surface area contributed by atoms with Crippen molar-refractivity contribution in [2.24, 2.45) is 0 Å². The molecular formula is C17H20BrNO. The number of hydrogen-bond acceptors (Lipinski definition) is 2. The van der Waals surface area contributed by atoms with Gasteiger partial charge in [-0.1, -0.05) is 48.0 Å². The highest BCUT2D eigenvalue weighted by Crippen LogP contribution is 2.19. The van der Waals surface area contributed by atoms with Gasteiger partial charge in [0.05, 0.1) is 0 Å². The minimum absolute atomic E-state index is 0.551. The molecule has 0 radical (unpaired) electrons. The van der Waals surface area contributed by atoms with Crippen molar-refractivity contribution in [3.63, 3.8) is 0 Å². The van der Waals surface area contributed by atoms with Crippen LogP contribution in [0.4, 0.5) is 5.69 Å². The molecule has 2 aromatic rings. The molecule has 0 amide bonds. The third kappa shape index (κ3) is 4.57. The Morgan fingerprint density at radius 1 is 1.10 bits per heavy atom. The van der Waals surface area contributed by atoms with Gasteiger partial charge < -0.3 is 10.1 Å². The Morgan fingerprint density at radius 3 is 2.65 bits per heavy atom. The first-order valence-corrected chi connectivity index (χ1v) is 7.66. The van der Waals surface area contributed by atoms with Crippen LogP contribution >= 0.6 is 15.9 Å². The number of nitrogens with one attached hydrogen (secondary N) is 1. The summed E-state index contributed by atoms with van der Waals surface area (Å²) < 4.78 is 6.73. The molecule has 20 heavy (non-hydrogen) atoms. The van der Waals surface area contributed by atoms with Crippen LogP contribution in [0.15, 0.2) is 53.0 Å². The van der Waals surface area contributed by atoms with Crippen molar-refractivity contribution in [3.05, 3.63) is 58.6 Å². The van der Waals surface area contributed by atoms with E-state index in [9.17, 15) is 0 Å². The van der Waals surface area contributed by atoms with Gasteiger partial charge in [0.25, 0.3) is 0 Å². The van der Waals surface area contributed by atoms with Gasteiger partial charge in [-0.2, -0.15) is 0 Å². The molecule has 0 heterocycles. The third-order valence-electron chi connectivity index (χ3n) is 3.05. The van der Waals surface area contributed by atoms with Crippen LogP contribution in [-0.2, 0) is 0 Å². The first kappa shape index (κ1) is 14.9. The highest BCUT2D eigenvalue weighted by atomic mass is 79.9. The third-order valence-corrected chi connectivity index (χ3v) is 3.54. The topological polar surface area (TPSA) is 21.3 Å². The van der Waals surface area contributed by atoms with Crippen molar-refractivity contribution >= 4 is 21.6 Å². The molecule has 0 fully saturated rings. The lowest BCUT2D eigenvalue weighted by Gasteiger charge is -2.11. The zero-order valence-electron chi connectivity index (χ0n) is 11.9. The summed E-state index contributed by atoms with van der Waals surface area (Å²) in [6.45, 7) is 5.83. The van der Waals surface area contributed by atoms with Crippen LogP contribution in [-0.4, -0.2) is 13.2 Å². The molecule has 106 valence electrons. The molecule has 2 nitrogen and oxygen atoms in total. The molecule has 2 aromatic carbocycles. The molecule has 2 rings (SSSR count). The van der Waals surface area contributed by atoms with Gasteiger partial charge >= 0.3 is 0 Å². The summed E-state index contributed by atoms with van der Waals surface area (Å²) in [4.78, 5) is 0. The second kappa shape index (κ2) is 7.34. The van der Waals surface area contributed by atoms with Gasteiger partial charge in [0, 0.05) is 16.7 Å². The largest absolute Gasteiger partial charge is 0.492 e. The second-order valence-corrected chi connectivity index (χ2v) is 5.93. The number of rotatable bonds is 6. The number of benzene rings is 2. The SMILES string of the molecule is CC(C)c1cccc(NCCOc2cccc(Br)c2)c1. The van der Waals surface area contributed by atoms with Crippen LogP contribution in [0.3, 0.4) is 0 Å². The van der Waals surface area contributed by atoms with Gasteiger partial charge in [-0.15, -0.1) is 0 Å². The van der Waals surface area contributed by atoms with E-state index >= 15 is 0 Å². The van der Waals surface area contributed by atoms with Crippen LogP contribution < -0.4 is 10.1 Å². The maximum absolute atomic E-state index is 5.69. The Bertz CT molecular complexity index is 554. The highest BCUT2D eigenvalue weighted by molar-refractivity contribution is 9.10. The van der Waals surface area contributed by atoms with E-state index in [-0.39, 0.29) is 0 Å². The van der Waals surface area contributed by atoms with Gasteiger partial charge in [0.1, 0.15) is 12.4 Å². The molecule has 0 spiro atoms. The fourth-order valence-electron chi connectivity index (χ4n) is 1.93. The molecule has 0 atom stereocenters. The van der Waals surface area contributed by atoms with E-state index in [0.29, 0.717) is 12.5 Å². The maximum atomic E-state index is 5.69. The Hall–Kier alpha value is -1.48. The summed E-state index contributed by atoms with van der Waals surface area (Å²) in [5.41, 5.74) is 2.50. The van der Waals surface area contributed by atoms with E-state index in [1.54, 1.807) is 0 Å². The van der Waals surface area contributed by atoms with E-state index in [0.717, 1.165) is 22.5 Å². The van der Waals surface area contributed by atoms with E-state index in [1.165, 1.54) is 5.56 Å². The number of ether oxygens (including phenoxy) is 1. The second-order valence-electron chi connectivity index (χ2n) is 5.01. The van der Waals surface area contributed by atoms with E-state index in [1.807, 2.05) is 24.3 Å². The Balaban J connectivity index is 1.80. The van der Waals surface area contributed by atoms with Crippen molar-refractivity contribution in [3.8, 4) is 5.75 Å². The van der Waals surface area contributed by atoms with Crippen molar-refractivity contribution in [2.45, 2.75) is 19.8 Å². The van der Waals surface area contributed by atoms with Gasteiger partial charge in [-0.25, -0.2) is 0 Å². The summed E-state index contributed by atoms with van der Waals surface area (Å²) in [6.07, 6.45) is 0. The number of anilines is 1. The van der Waals surface area contributed by atoms with E-state index in [2.05, 4.69) is 59.4 Å². The normalized spacial score (nSPS) is 10.6. The predicted molar refractivity (Wildman–Crippen MR) is 88.7 cm³/mol. The average Bonchev–Trinajstić information content (AvgIpc) is 2.44.